The van der Waals surface area contributed by atoms with Gasteiger partial charge in [-0.25, -0.2) is 0 Å². The van der Waals surface area contributed by atoms with Gasteiger partial charge in [-0.1, -0.05) is 41.6 Å². The fourth-order valence-electron chi connectivity index (χ4n) is 3.72. The normalized spacial score (nSPS) is 16.0. The summed E-state index contributed by atoms with van der Waals surface area (Å²) in [5, 5.41) is 6.03. The van der Waals surface area contributed by atoms with Crippen LogP contribution in [0.2, 0.25) is 0 Å². The molecule has 0 atom stereocenters. The molecule has 0 N–H and O–H groups in total. The lowest BCUT2D eigenvalue weighted by Crippen LogP contribution is -2.49. The zero-order chi connectivity index (χ0) is 19.4. The van der Waals surface area contributed by atoms with E-state index in [2.05, 4.69) is 10.1 Å². The second-order valence-electron chi connectivity index (χ2n) is 6.87. The highest BCUT2D eigenvalue weighted by molar-refractivity contribution is 7.13. The zero-order valence-electron chi connectivity index (χ0n) is 15.8. The van der Waals surface area contributed by atoms with Crippen LogP contribution in [-0.4, -0.2) is 40.7 Å². The maximum atomic E-state index is 13.7. The van der Waals surface area contributed by atoms with E-state index < -0.39 is 5.41 Å². The van der Waals surface area contributed by atoms with Gasteiger partial charge in [-0.15, -0.1) is 11.3 Å². The van der Waals surface area contributed by atoms with Crippen molar-refractivity contribution >= 4 is 17.2 Å². The molecule has 0 spiro atoms. The Labute approximate surface area is 168 Å². The SMILES string of the molecule is CCN(Cc1nc(-c2cccs2)no1)C(=O)C1(c2ccccc2)CCOCC1. The van der Waals surface area contributed by atoms with Crippen LogP contribution in [-0.2, 0) is 21.5 Å². The standard InChI is InChI=1S/C21H23N3O3S/c1-2-24(15-18-22-19(23-27-18)17-9-6-14-28-17)20(25)21(10-12-26-13-11-21)16-7-4-3-5-8-16/h3-9,14H,2,10-13,15H2,1H3. The Hall–Kier alpha value is -2.51. The number of carbonyl (C=O) groups excluding carboxylic acids is 1. The molecule has 1 saturated heterocycles. The summed E-state index contributed by atoms with van der Waals surface area (Å²) >= 11 is 1.56. The molecule has 0 saturated carbocycles. The van der Waals surface area contributed by atoms with Gasteiger partial charge in [0.1, 0.15) is 6.54 Å². The Bertz CT molecular complexity index is 902. The van der Waals surface area contributed by atoms with Crippen LogP contribution >= 0.6 is 11.3 Å². The highest BCUT2D eigenvalue weighted by Gasteiger charge is 2.44. The third-order valence-corrected chi connectivity index (χ3v) is 6.15. The van der Waals surface area contributed by atoms with Gasteiger partial charge in [0.05, 0.1) is 10.3 Å². The second-order valence-corrected chi connectivity index (χ2v) is 7.82. The lowest BCUT2D eigenvalue weighted by molar-refractivity contribution is -0.142. The van der Waals surface area contributed by atoms with Gasteiger partial charge in [-0.2, -0.15) is 4.98 Å². The van der Waals surface area contributed by atoms with Gasteiger partial charge in [0.15, 0.2) is 0 Å². The number of carbonyl (C=O) groups is 1. The molecular weight excluding hydrogens is 374 g/mol. The molecule has 0 bridgehead atoms. The minimum atomic E-state index is -0.563. The van der Waals surface area contributed by atoms with Gasteiger partial charge >= 0.3 is 0 Å². The van der Waals surface area contributed by atoms with Gasteiger partial charge in [0, 0.05) is 19.8 Å². The number of rotatable bonds is 6. The Balaban J connectivity index is 1.58. The average molecular weight is 398 g/mol. The maximum Gasteiger partial charge on any atom is 0.246 e. The first kappa shape index (κ1) is 18.8. The topological polar surface area (TPSA) is 68.5 Å². The predicted octanol–water partition coefficient (Wildman–Crippen LogP) is 3.90. The first-order chi connectivity index (χ1) is 13.7. The summed E-state index contributed by atoms with van der Waals surface area (Å²) in [6, 6.07) is 13.9. The number of nitrogens with zero attached hydrogens (tertiary/aromatic N) is 3. The predicted molar refractivity (Wildman–Crippen MR) is 107 cm³/mol. The number of benzene rings is 1. The highest BCUT2D eigenvalue weighted by Crippen LogP contribution is 2.37. The number of hydrogen-bond donors (Lipinski definition) is 0. The summed E-state index contributed by atoms with van der Waals surface area (Å²) in [7, 11) is 0. The molecule has 6 nitrogen and oxygen atoms in total. The molecule has 1 aromatic carbocycles. The molecule has 0 radical (unpaired) electrons. The van der Waals surface area contributed by atoms with Crippen molar-refractivity contribution in [3.63, 3.8) is 0 Å². The van der Waals surface area contributed by atoms with Crippen molar-refractivity contribution < 1.29 is 14.1 Å². The Kier molecular flexibility index (Phi) is 5.54. The van der Waals surface area contributed by atoms with Crippen molar-refractivity contribution in [1.29, 1.82) is 0 Å². The van der Waals surface area contributed by atoms with E-state index in [9.17, 15) is 4.79 Å². The van der Waals surface area contributed by atoms with E-state index >= 15 is 0 Å². The van der Waals surface area contributed by atoms with Gasteiger partial charge in [-0.05, 0) is 36.8 Å². The lowest BCUT2D eigenvalue weighted by atomic mass is 9.73. The van der Waals surface area contributed by atoms with Crippen molar-refractivity contribution in [2.24, 2.45) is 0 Å². The summed E-state index contributed by atoms with van der Waals surface area (Å²) in [6.45, 7) is 4.03. The number of hydrogen-bond acceptors (Lipinski definition) is 6. The molecule has 1 fully saturated rings. The summed E-state index contributed by atoms with van der Waals surface area (Å²) in [5.41, 5.74) is 0.484. The maximum absolute atomic E-state index is 13.7. The molecule has 4 rings (SSSR count). The van der Waals surface area contributed by atoms with Crippen LogP contribution in [0.25, 0.3) is 10.7 Å². The smallest absolute Gasteiger partial charge is 0.246 e. The van der Waals surface area contributed by atoms with Crippen LogP contribution in [0, 0.1) is 0 Å². The number of likely N-dealkylation sites (N-methyl/N-ethyl adjacent to an activating group) is 1. The van der Waals surface area contributed by atoms with Gasteiger partial charge in [-0.3, -0.25) is 4.79 Å². The van der Waals surface area contributed by atoms with E-state index in [4.69, 9.17) is 9.26 Å². The Morgan fingerprint density at radius 3 is 2.64 bits per heavy atom. The van der Waals surface area contributed by atoms with Gasteiger partial charge in [0.25, 0.3) is 0 Å². The van der Waals surface area contributed by atoms with Crippen LogP contribution in [0.3, 0.4) is 0 Å². The van der Waals surface area contributed by atoms with E-state index in [0.717, 1.165) is 10.4 Å². The van der Waals surface area contributed by atoms with Gasteiger partial charge < -0.3 is 14.2 Å². The second kappa shape index (κ2) is 8.24. The van der Waals surface area contributed by atoms with Crippen LogP contribution in [0.15, 0.2) is 52.4 Å². The zero-order valence-corrected chi connectivity index (χ0v) is 16.7. The summed E-state index contributed by atoms with van der Waals surface area (Å²) in [5.74, 6) is 1.12. The Morgan fingerprint density at radius 1 is 1.18 bits per heavy atom. The largest absolute Gasteiger partial charge is 0.381 e. The Morgan fingerprint density at radius 2 is 1.96 bits per heavy atom. The van der Waals surface area contributed by atoms with E-state index in [-0.39, 0.29) is 5.91 Å². The number of aromatic nitrogens is 2. The van der Waals surface area contributed by atoms with Crippen LogP contribution < -0.4 is 0 Å². The third-order valence-electron chi connectivity index (χ3n) is 5.29. The monoisotopic (exact) mass is 397 g/mol. The number of amides is 1. The lowest BCUT2D eigenvalue weighted by Gasteiger charge is -2.39. The molecule has 1 aliphatic heterocycles. The average Bonchev–Trinajstić information content (AvgIpc) is 3.44. The van der Waals surface area contributed by atoms with Crippen LogP contribution in [0.1, 0.15) is 31.2 Å². The van der Waals surface area contributed by atoms with Crippen molar-refractivity contribution in [3.05, 3.63) is 59.3 Å². The molecule has 0 unspecified atom stereocenters. The molecule has 1 aliphatic rings. The molecule has 1 amide bonds. The molecule has 146 valence electrons. The summed E-state index contributed by atoms with van der Waals surface area (Å²) < 4.78 is 11.0. The van der Waals surface area contributed by atoms with Crippen LogP contribution in [0.5, 0.6) is 0 Å². The van der Waals surface area contributed by atoms with Crippen molar-refractivity contribution in [1.82, 2.24) is 15.0 Å². The fourth-order valence-corrected chi connectivity index (χ4v) is 4.37. The molecule has 28 heavy (non-hydrogen) atoms. The summed E-state index contributed by atoms with van der Waals surface area (Å²) in [6.07, 6.45) is 1.35. The van der Waals surface area contributed by atoms with Crippen molar-refractivity contribution in [2.75, 3.05) is 19.8 Å². The summed E-state index contributed by atoms with van der Waals surface area (Å²) in [4.78, 5) is 20.9. The molecule has 3 aromatic rings. The minimum absolute atomic E-state index is 0.0976. The third kappa shape index (κ3) is 3.59. The number of ether oxygens (including phenoxy) is 1. The quantitative estimate of drug-likeness (QED) is 0.631. The van der Waals surface area contributed by atoms with Crippen molar-refractivity contribution in [2.45, 2.75) is 31.7 Å². The first-order valence-corrected chi connectivity index (χ1v) is 10.4. The van der Waals surface area contributed by atoms with E-state index in [1.807, 2.05) is 59.7 Å². The molecule has 0 aliphatic carbocycles. The first-order valence-electron chi connectivity index (χ1n) is 9.52. The molecule has 7 heteroatoms. The van der Waals surface area contributed by atoms with Crippen LogP contribution in [0.4, 0.5) is 0 Å². The fraction of sp³-hybridized carbons (Fsp3) is 0.381. The van der Waals surface area contributed by atoms with Crippen molar-refractivity contribution in [3.8, 4) is 10.7 Å². The van der Waals surface area contributed by atoms with E-state index in [1.54, 1.807) is 11.3 Å². The van der Waals surface area contributed by atoms with E-state index in [1.165, 1.54) is 0 Å². The highest BCUT2D eigenvalue weighted by atomic mass is 32.1. The molecule has 2 aromatic heterocycles. The molecular formula is C21H23N3O3S. The number of thiophene rings is 1. The molecule has 3 heterocycles. The van der Waals surface area contributed by atoms with Gasteiger partial charge in [0.2, 0.25) is 17.6 Å². The minimum Gasteiger partial charge on any atom is -0.381 e. The van der Waals surface area contributed by atoms with E-state index in [0.29, 0.717) is 50.9 Å².